The number of hydrogen-bond acceptors (Lipinski definition) is 3. The quantitative estimate of drug-likeness (QED) is 0.670. The van der Waals surface area contributed by atoms with Gasteiger partial charge >= 0.3 is 6.09 Å². The van der Waals surface area contributed by atoms with Crippen molar-refractivity contribution in [1.29, 1.82) is 0 Å². The zero-order valence-corrected chi connectivity index (χ0v) is 12.4. The highest BCUT2D eigenvalue weighted by atomic mass is 35.6. The molecule has 0 aliphatic carbocycles. The van der Waals surface area contributed by atoms with Crippen LogP contribution in [-0.2, 0) is 9.53 Å². The van der Waals surface area contributed by atoms with E-state index in [2.05, 4.69) is 10.1 Å². The number of halogens is 4. The number of amides is 1. The molecule has 1 aromatic carbocycles. The van der Waals surface area contributed by atoms with E-state index in [-0.39, 0.29) is 0 Å². The van der Waals surface area contributed by atoms with Crippen LogP contribution in [0, 0.1) is 0 Å². The third-order valence-electron chi connectivity index (χ3n) is 1.99. The molecule has 0 spiro atoms. The van der Waals surface area contributed by atoms with Crippen molar-refractivity contribution in [3.05, 3.63) is 35.9 Å². The molecular weight excluding hydrogens is 336 g/mol. The third-order valence-corrected chi connectivity index (χ3v) is 2.53. The van der Waals surface area contributed by atoms with E-state index in [4.69, 9.17) is 46.4 Å². The van der Waals surface area contributed by atoms with Gasteiger partial charge in [-0.1, -0.05) is 65.1 Å². The molecule has 0 bridgehead atoms. The highest BCUT2D eigenvalue weighted by molar-refractivity contribution is 6.67. The van der Waals surface area contributed by atoms with Crippen LogP contribution in [0.5, 0.6) is 0 Å². The van der Waals surface area contributed by atoms with Gasteiger partial charge in [0.2, 0.25) is 9.03 Å². The first kappa shape index (κ1) is 16.4. The maximum Gasteiger partial charge on any atom is 0.408 e. The Bertz CT molecular complexity index is 447. The molecule has 104 valence electrons. The molecule has 0 saturated heterocycles. The van der Waals surface area contributed by atoms with Crippen molar-refractivity contribution in [2.45, 2.75) is 9.83 Å². The summed E-state index contributed by atoms with van der Waals surface area (Å²) < 4.78 is 2.93. The van der Waals surface area contributed by atoms with Gasteiger partial charge in [-0.05, 0) is 17.2 Å². The minimum atomic E-state index is -1.72. The first-order chi connectivity index (χ1) is 8.79. The Morgan fingerprint density at radius 1 is 1.21 bits per heavy atom. The minimum Gasteiger partial charge on any atom is -0.445 e. The van der Waals surface area contributed by atoms with Crippen LogP contribution in [0.4, 0.5) is 4.79 Å². The molecule has 0 heterocycles. The zero-order valence-electron chi connectivity index (χ0n) is 9.41. The van der Waals surface area contributed by atoms with Crippen molar-refractivity contribution in [2.24, 2.45) is 0 Å². The summed E-state index contributed by atoms with van der Waals surface area (Å²) >= 11 is 21.7. The molecule has 0 unspecified atom stereocenters. The average molecular weight is 345 g/mol. The van der Waals surface area contributed by atoms with Gasteiger partial charge < -0.3 is 10.1 Å². The van der Waals surface area contributed by atoms with Gasteiger partial charge in [0.1, 0.15) is 12.6 Å². The number of ether oxygens (including phenoxy) is 1. The van der Waals surface area contributed by atoms with Gasteiger partial charge in [-0.2, -0.15) is 0 Å². The number of nitrogens with one attached hydrogen (secondary N) is 1. The molecule has 1 N–H and O–H groups in total. The van der Waals surface area contributed by atoms with Crippen molar-refractivity contribution in [2.75, 3.05) is 6.61 Å². The molecule has 0 aliphatic rings. The molecule has 0 fully saturated rings. The van der Waals surface area contributed by atoms with Gasteiger partial charge in [-0.15, -0.1) is 0 Å². The van der Waals surface area contributed by atoms with E-state index in [1.165, 1.54) is 0 Å². The summed E-state index contributed by atoms with van der Waals surface area (Å²) in [6.45, 7) is -0.443. The van der Waals surface area contributed by atoms with E-state index >= 15 is 0 Å². The summed E-state index contributed by atoms with van der Waals surface area (Å²) in [5.41, 5.74) is 0.522. The van der Waals surface area contributed by atoms with Gasteiger partial charge in [0.05, 0.1) is 0 Å². The first-order valence-electron chi connectivity index (χ1n) is 5.04. The summed E-state index contributed by atoms with van der Waals surface area (Å²) in [5, 5.41) is 1.53. The van der Waals surface area contributed by atoms with Crippen LogP contribution in [0.2, 0.25) is 0 Å². The highest BCUT2D eigenvalue weighted by Crippen LogP contribution is 2.26. The standard InChI is InChI=1S/C11H9Cl4NO3/c12-9(17)8(7-4-2-1-3-5-7)16-10(18)19-6-11(13,14)15/h1-5,8H,6H2,(H,16,18)/t8-/m0/s1. The summed E-state index contributed by atoms with van der Waals surface area (Å²) in [4.78, 5) is 22.8. The van der Waals surface area contributed by atoms with Crippen LogP contribution in [0.1, 0.15) is 11.6 Å². The molecule has 0 saturated carbocycles. The number of benzene rings is 1. The second kappa shape index (κ2) is 7.20. The Morgan fingerprint density at radius 2 is 1.79 bits per heavy atom. The number of alkyl carbamates (subject to hydrolysis) is 1. The number of carbonyl (C=O) groups is 2. The monoisotopic (exact) mass is 343 g/mol. The fraction of sp³-hybridized carbons (Fsp3) is 0.273. The van der Waals surface area contributed by atoms with E-state index < -0.39 is 27.8 Å². The molecule has 1 amide bonds. The molecule has 1 rings (SSSR count). The normalized spacial score (nSPS) is 12.6. The van der Waals surface area contributed by atoms with Crippen molar-refractivity contribution >= 4 is 57.7 Å². The second-order valence-electron chi connectivity index (χ2n) is 3.48. The van der Waals surface area contributed by atoms with Gasteiger partial charge in [0, 0.05) is 0 Å². The summed E-state index contributed by atoms with van der Waals surface area (Å²) in [5.74, 6) is 0. The molecule has 1 atom stereocenters. The smallest absolute Gasteiger partial charge is 0.408 e. The molecule has 19 heavy (non-hydrogen) atoms. The van der Waals surface area contributed by atoms with Crippen molar-refractivity contribution < 1.29 is 14.3 Å². The van der Waals surface area contributed by atoms with Gasteiger partial charge in [0.15, 0.2) is 0 Å². The van der Waals surface area contributed by atoms with E-state index in [0.29, 0.717) is 5.56 Å². The van der Waals surface area contributed by atoms with Crippen molar-refractivity contribution in [3.8, 4) is 0 Å². The van der Waals surface area contributed by atoms with E-state index in [9.17, 15) is 9.59 Å². The topological polar surface area (TPSA) is 55.4 Å². The van der Waals surface area contributed by atoms with Gasteiger partial charge in [0.25, 0.3) is 0 Å². The van der Waals surface area contributed by atoms with Gasteiger partial charge in [-0.25, -0.2) is 4.79 Å². The highest BCUT2D eigenvalue weighted by Gasteiger charge is 2.25. The van der Waals surface area contributed by atoms with E-state index in [1.807, 2.05) is 0 Å². The predicted molar refractivity (Wildman–Crippen MR) is 74.8 cm³/mol. The Labute approximate surface area is 129 Å². The number of hydrogen-bond donors (Lipinski definition) is 1. The lowest BCUT2D eigenvalue weighted by Gasteiger charge is -2.16. The molecule has 1 aromatic rings. The summed E-state index contributed by atoms with van der Waals surface area (Å²) in [7, 11) is 0. The maximum absolute atomic E-state index is 11.5. The second-order valence-corrected chi connectivity index (χ2v) is 6.37. The van der Waals surface area contributed by atoms with Crippen LogP contribution in [0.25, 0.3) is 0 Å². The fourth-order valence-electron chi connectivity index (χ4n) is 1.22. The molecule has 0 aromatic heterocycles. The lowest BCUT2D eigenvalue weighted by atomic mass is 10.1. The Morgan fingerprint density at radius 3 is 2.26 bits per heavy atom. The molecular formula is C11H9Cl4NO3. The average Bonchev–Trinajstić information content (AvgIpc) is 2.33. The number of carbonyl (C=O) groups excluding carboxylic acids is 2. The molecule has 0 radical (unpaired) electrons. The SMILES string of the molecule is O=C(N[C@H](C(=O)Cl)c1ccccc1)OCC(Cl)(Cl)Cl. The summed E-state index contributed by atoms with van der Waals surface area (Å²) in [6, 6.07) is 7.43. The minimum absolute atomic E-state index is 0.443. The van der Waals surface area contributed by atoms with E-state index in [1.54, 1.807) is 30.3 Å². The summed E-state index contributed by atoms with van der Waals surface area (Å²) in [6.07, 6.45) is -0.908. The van der Waals surface area contributed by atoms with Crippen LogP contribution >= 0.6 is 46.4 Å². The van der Waals surface area contributed by atoms with Gasteiger partial charge in [-0.3, -0.25) is 4.79 Å². The maximum atomic E-state index is 11.5. The van der Waals surface area contributed by atoms with Crippen molar-refractivity contribution in [3.63, 3.8) is 0 Å². The molecule has 4 nitrogen and oxygen atoms in total. The van der Waals surface area contributed by atoms with E-state index in [0.717, 1.165) is 0 Å². The predicted octanol–water partition coefficient (Wildman–Crippen LogP) is 3.59. The van der Waals surface area contributed by atoms with Crippen molar-refractivity contribution in [1.82, 2.24) is 5.32 Å². The third kappa shape index (κ3) is 6.34. The number of alkyl halides is 3. The largest absolute Gasteiger partial charge is 0.445 e. The molecule has 8 heteroatoms. The van der Waals surface area contributed by atoms with Crippen LogP contribution in [0.15, 0.2) is 30.3 Å². The molecule has 0 aliphatic heterocycles. The van der Waals surface area contributed by atoms with Crippen LogP contribution < -0.4 is 5.32 Å². The number of rotatable bonds is 4. The Balaban J connectivity index is 2.65. The van der Waals surface area contributed by atoms with Crippen LogP contribution in [-0.4, -0.2) is 21.7 Å². The Hall–Kier alpha value is -0.680. The zero-order chi connectivity index (χ0) is 14.5. The fourth-order valence-corrected chi connectivity index (χ4v) is 1.57. The van der Waals surface area contributed by atoms with Crippen LogP contribution in [0.3, 0.4) is 0 Å². The Kier molecular flexibility index (Phi) is 6.20. The lowest BCUT2D eigenvalue weighted by molar-refractivity contribution is -0.113. The first-order valence-corrected chi connectivity index (χ1v) is 6.55. The lowest BCUT2D eigenvalue weighted by Crippen LogP contribution is -2.34.